The zero-order valence-electron chi connectivity index (χ0n) is 16.7. The summed E-state index contributed by atoms with van der Waals surface area (Å²) in [5, 5.41) is 5.15. The van der Waals surface area contributed by atoms with E-state index in [1.165, 1.54) is 12.1 Å². The maximum Gasteiger partial charge on any atom is 0.413 e. The molecule has 30 heavy (non-hydrogen) atoms. The van der Waals surface area contributed by atoms with Crippen LogP contribution in [-0.2, 0) is 26.9 Å². The Morgan fingerprint density at radius 3 is 2.53 bits per heavy atom. The number of sulfone groups is 1. The summed E-state index contributed by atoms with van der Waals surface area (Å²) in [4.78, 5) is 28.7. The van der Waals surface area contributed by atoms with Crippen molar-refractivity contribution in [2.24, 2.45) is 0 Å². The molecule has 0 aliphatic carbocycles. The van der Waals surface area contributed by atoms with E-state index in [0.717, 1.165) is 23.7 Å². The summed E-state index contributed by atoms with van der Waals surface area (Å²) in [6.45, 7) is 5.04. The summed E-state index contributed by atoms with van der Waals surface area (Å²) in [6.07, 6.45) is 0.222. The fraction of sp³-hybridized carbons (Fsp3) is 0.389. The first-order valence-corrected chi connectivity index (χ1v) is 11.9. The van der Waals surface area contributed by atoms with Gasteiger partial charge in [0, 0.05) is 17.8 Å². The lowest BCUT2D eigenvalue weighted by molar-refractivity contribution is 0.0635. The molecule has 0 radical (unpaired) electrons. The Morgan fingerprint density at radius 1 is 1.30 bits per heavy atom. The molecule has 164 valence electrons. The van der Waals surface area contributed by atoms with Gasteiger partial charge >= 0.3 is 6.09 Å². The number of hydrogen-bond donors (Lipinski definition) is 2. The SMILES string of the molecule is CC(C)(C)OC(=O)Nc1nc(CS(C)(=O)=O)c(C(=O)NCc2ccc(F)cc2Cl)s1. The molecule has 1 heterocycles. The average Bonchev–Trinajstić information content (AvgIpc) is 2.92. The Hall–Kier alpha value is -2.24. The Labute approximate surface area is 182 Å². The minimum atomic E-state index is -3.50. The number of nitrogens with zero attached hydrogens (tertiary/aromatic N) is 1. The minimum absolute atomic E-state index is 0.00346. The maximum absolute atomic E-state index is 13.2. The van der Waals surface area contributed by atoms with Crippen LogP contribution in [0.2, 0.25) is 5.02 Å². The fourth-order valence-electron chi connectivity index (χ4n) is 2.24. The molecule has 2 rings (SSSR count). The topological polar surface area (TPSA) is 114 Å². The van der Waals surface area contributed by atoms with E-state index in [1.54, 1.807) is 20.8 Å². The number of carbonyl (C=O) groups excluding carboxylic acids is 2. The molecular formula is C18H21ClFN3O5S2. The van der Waals surface area contributed by atoms with Gasteiger partial charge in [-0.15, -0.1) is 0 Å². The molecule has 0 spiro atoms. The average molecular weight is 478 g/mol. The molecule has 0 unspecified atom stereocenters. The lowest BCUT2D eigenvalue weighted by Crippen LogP contribution is -2.27. The number of hydrogen-bond acceptors (Lipinski definition) is 7. The van der Waals surface area contributed by atoms with Crippen LogP contribution in [0.5, 0.6) is 0 Å². The summed E-state index contributed by atoms with van der Waals surface area (Å²) in [7, 11) is -3.50. The van der Waals surface area contributed by atoms with Gasteiger partial charge in [0.05, 0.1) is 11.4 Å². The Morgan fingerprint density at radius 2 is 1.97 bits per heavy atom. The molecule has 2 aromatic rings. The predicted octanol–water partition coefficient (Wildman–Crippen LogP) is 3.76. The third kappa shape index (κ3) is 7.54. The molecule has 2 N–H and O–H groups in total. The number of thiazole rings is 1. The molecule has 0 aliphatic heterocycles. The zero-order valence-corrected chi connectivity index (χ0v) is 19.1. The normalized spacial score (nSPS) is 11.8. The summed E-state index contributed by atoms with van der Waals surface area (Å²) >= 11 is 6.76. The molecule has 8 nitrogen and oxygen atoms in total. The third-order valence-electron chi connectivity index (χ3n) is 3.36. The second-order valence-electron chi connectivity index (χ2n) is 7.41. The van der Waals surface area contributed by atoms with Gasteiger partial charge in [-0.1, -0.05) is 29.0 Å². The van der Waals surface area contributed by atoms with Gasteiger partial charge in [-0.05, 0) is 38.5 Å². The number of benzene rings is 1. The number of anilines is 1. The van der Waals surface area contributed by atoms with Crippen molar-refractivity contribution in [1.82, 2.24) is 10.3 Å². The van der Waals surface area contributed by atoms with Crippen molar-refractivity contribution in [3.8, 4) is 0 Å². The molecule has 0 fully saturated rings. The number of rotatable bonds is 6. The number of ether oxygens (including phenoxy) is 1. The highest BCUT2D eigenvalue weighted by Crippen LogP contribution is 2.26. The molecule has 1 aromatic heterocycles. The Bertz CT molecular complexity index is 1060. The molecular weight excluding hydrogens is 457 g/mol. The number of nitrogens with one attached hydrogen (secondary N) is 2. The standard InChI is InChI=1S/C18H21ClFN3O5S2/c1-18(2,3)28-17(25)23-16-22-13(9-30(4,26)27)14(29-16)15(24)21-8-10-5-6-11(20)7-12(10)19/h5-7H,8-9H2,1-4H3,(H,21,24)(H,22,23,25). The highest BCUT2D eigenvalue weighted by Gasteiger charge is 2.24. The molecule has 0 aliphatic rings. The van der Waals surface area contributed by atoms with E-state index in [9.17, 15) is 22.4 Å². The predicted molar refractivity (Wildman–Crippen MR) is 113 cm³/mol. The molecule has 2 amide bonds. The number of amides is 2. The second kappa shape index (κ2) is 9.27. The summed E-state index contributed by atoms with van der Waals surface area (Å²) in [5.41, 5.74) is -0.269. The van der Waals surface area contributed by atoms with Crippen LogP contribution in [0.1, 0.15) is 41.7 Å². The third-order valence-corrected chi connectivity index (χ3v) is 5.53. The van der Waals surface area contributed by atoms with E-state index in [4.69, 9.17) is 16.3 Å². The smallest absolute Gasteiger partial charge is 0.413 e. The van der Waals surface area contributed by atoms with Crippen molar-refractivity contribution in [3.05, 3.63) is 45.2 Å². The Kier molecular flexibility index (Phi) is 7.43. The first kappa shape index (κ1) is 24.0. The minimum Gasteiger partial charge on any atom is -0.444 e. The number of halogens is 2. The number of carbonyl (C=O) groups is 2. The van der Waals surface area contributed by atoms with Gasteiger partial charge in [-0.2, -0.15) is 0 Å². The first-order valence-electron chi connectivity index (χ1n) is 8.63. The lowest BCUT2D eigenvalue weighted by Gasteiger charge is -2.18. The van der Waals surface area contributed by atoms with E-state index in [2.05, 4.69) is 15.6 Å². The zero-order chi connectivity index (χ0) is 22.7. The van der Waals surface area contributed by atoms with E-state index in [0.29, 0.717) is 5.56 Å². The highest BCUT2D eigenvalue weighted by atomic mass is 35.5. The van der Waals surface area contributed by atoms with Gasteiger partial charge in [-0.25, -0.2) is 22.6 Å². The van der Waals surface area contributed by atoms with Crippen molar-refractivity contribution in [3.63, 3.8) is 0 Å². The molecule has 1 aromatic carbocycles. The number of aromatic nitrogens is 1. The highest BCUT2D eigenvalue weighted by molar-refractivity contribution is 7.89. The van der Waals surface area contributed by atoms with Gasteiger partial charge in [0.1, 0.15) is 16.3 Å². The van der Waals surface area contributed by atoms with E-state index < -0.39 is 39.0 Å². The van der Waals surface area contributed by atoms with Crippen molar-refractivity contribution < 1.29 is 27.1 Å². The Balaban J connectivity index is 2.21. The van der Waals surface area contributed by atoms with Gasteiger partial charge in [0.15, 0.2) is 15.0 Å². The van der Waals surface area contributed by atoms with Crippen molar-refractivity contribution in [2.45, 2.75) is 38.7 Å². The quantitative estimate of drug-likeness (QED) is 0.654. The fourth-order valence-corrected chi connectivity index (χ4v) is 4.16. The summed E-state index contributed by atoms with van der Waals surface area (Å²) in [5.74, 6) is -1.60. The van der Waals surface area contributed by atoms with Crippen LogP contribution in [-0.4, -0.2) is 37.3 Å². The maximum atomic E-state index is 13.2. The summed E-state index contributed by atoms with van der Waals surface area (Å²) < 4.78 is 41.7. The molecule has 0 atom stereocenters. The van der Waals surface area contributed by atoms with Crippen LogP contribution < -0.4 is 10.6 Å². The lowest BCUT2D eigenvalue weighted by atomic mass is 10.2. The molecule has 12 heteroatoms. The van der Waals surface area contributed by atoms with Gasteiger partial charge in [0.25, 0.3) is 5.91 Å². The van der Waals surface area contributed by atoms with Crippen LogP contribution in [0.25, 0.3) is 0 Å². The van der Waals surface area contributed by atoms with Crippen LogP contribution in [0.3, 0.4) is 0 Å². The van der Waals surface area contributed by atoms with Crippen molar-refractivity contribution >= 4 is 49.9 Å². The molecule has 0 saturated heterocycles. The van der Waals surface area contributed by atoms with Gasteiger partial charge < -0.3 is 10.1 Å². The van der Waals surface area contributed by atoms with Gasteiger partial charge in [0.2, 0.25) is 0 Å². The monoisotopic (exact) mass is 477 g/mol. The van der Waals surface area contributed by atoms with Crippen molar-refractivity contribution in [2.75, 3.05) is 11.6 Å². The van der Waals surface area contributed by atoms with E-state index in [1.807, 2.05) is 0 Å². The van der Waals surface area contributed by atoms with Crippen molar-refractivity contribution in [1.29, 1.82) is 0 Å². The second-order valence-corrected chi connectivity index (χ2v) is 11.0. The first-order chi connectivity index (χ1) is 13.7. The molecule has 0 saturated carbocycles. The van der Waals surface area contributed by atoms with E-state index >= 15 is 0 Å². The largest absolute Gasteiger partial charge is 0.444 e. The molecule has 0 bridgehead atoms. The summed E-state index contributed by atoms with van der Waals surface area (Å²) in [6, 6.07) is 3.75. The van der Waals surface area contributed by atoms with Crippen LogP contribution >= 0.6 is 22.9 Å². The van der Waals surface area contributed by atoms with Crippen LogP contribution in [0, 0.1) is 5.82 Å². The van der Waals surface area contributed by atoms with E-state index in [-0.39, 0.29) is 27.3 Å². The van der Waals surface area contributed by atoms with Crippen LogP contribution in [0.4, 0.5) is 14.3 Å². The van der Waals surface area contributed by atoms with Gasteiger partial charge in [-0.3, -0.25) is 10.1 Å². The van der Waals surface area contributed by atoms with Crippen LogP contribution in [0.15, 0.2) is 18.2 Å².